The molecule has 0 radical (unpaired) electrons. The van der Waals surface area contributed by atoms with Crippen LogP contribution in [0.3, 0.4) is 0 Å². The summed E-state index contributed by atoms with van der Waals surface area (Å²) in [6.07, 6.45) is 0. The van der Waals surface area contributed by atoms with E-state index in [-0.39, 0.29) is 0 Å². The lowest BCUT2D eigenvalue weighted by atomic mass is 10.3. The maximum Gasteiger partial charge on any atom is 0.429 e. The minimum atomic E-state index is -5.78. The van der Waals surface area contributed by atoms with Crippen LogP contribution in [0.5, 0.6) is 0 Å². The zero-order chi connectivity index (χ0) is 20.2. The van der Waals surface area contributed by atoms with Crippen LogP contribution >= 0.6 is 22.6 Å². The predicted molar refractivity (Wildman–Crippen MR) is 83.2 cm³/mol. The number of halogens is 1. The fraction of sp³-hybridized carbons (Fsp3) is 0. The molecule has 0 heterocycles. The Morgan fingerprint density at radius 3 is 1.04 bits per heavy atom. The van der Waals surface area contributed by atoms with E-state index in [4.69, 9.17) is 23.6 Å². The van der Waals surface area contributed by atoms with E-state index in [0.717, 1.165) is 0 Å². The van der Waals surface area contributed by atoms with Gasteiger partial charge in [-0.2, -0.15) is 33.7 Å². The van der Waals surface area contributed by atoms with Crippen molar-refractivity contribution < 1.29 is 51.9 Å². The lowest BCUT2D eigenvalue weighted by molar-refractivity contribution is 0.456. The summed E-state index contributed by atoms with van der Waals surface area (Å²) in [7, 11) is -22.9. The predicted octanol–water partition coefficient (Wildman–Crippen LogP) is -0.237. The van der Waals surface area contributed by atoms with Gasteiger partial charge in [-0.3, -0.25) is 18.2 Å². The summed E-state index contributed by atoms with van der Waals surface area (Å²) in [6, 6.07) is 0. The Kier molecular flexibility index (Phi) is 5.57. The van der Waals surface area contributed by atoms with Crippen LogP contribution in [0.1, 0.15) is 0 Å². The van der Waals surface area contributed by atoms with E-state index in [1.54, 1.807) is 0 Å². The molecule has 0 aliphatic carbocycles. The molecule has 25 heavy (non-hydrogen) atoms. The number of hydrogen-bond acceptors (Lipinski definition) is 9. The molecule has 4 N–H and O–H groups in total. The molecule has 0 spiro atoms. The molecule has 0 unspecified atom stereocenters. The first kappa shape index (κ1) is 22.1. The molecule has 0 saturated heterocycles. The second kappa shape index (κ2) is 6.32. The van der Waals surface area contributed by atoms with Gasteiger partial charge in [-0.05, 0) is 22.6 Å². The minimum Gasteiger partial charge on any atom is -0.282 e. The summed E-state index contributed by atoms with van der Waals surface area (Å²) >= 11 is 0.703. The Balaban J connectivity index is 4.79. The van der Waals surface area contributed by atoms with Crippen LogP contribution < -0.4 is 0 Å². The minimum absolute atomic E-state index is 0.703. The van der Waals surface area contributed by atoms with Gasteiger partial charge in [0.2, 0.25) is 15.2 Å². The van der Waals surface area contributed by atoms with Crippen LogP contribution in [0.25, 0.3) is 4.98 Å². The Morgan fingerprint density at radius 1 is 0.640 bits per heavy atom. The average Bonchev–Trinajstić information content (AvgIpc) is 2.31. The van der Waals surface area contributed by atoms with Gasteiger partial charge in [0.15, 0.2) is 4.98 Å². The summed E-state index contributed by atoms with van der Waals surface area (Å²) in [4.78, 5) is -5.87. The van der Waals surface area contributed by atoms with Gasteiger partial charge in [0, 0.05) is 0 Å². The quantitative estimate of drug-likeness (QED) is 0.215. The molecule has 0 saturated carbocycles. The Labute approximate surface area is 153 Å². The topological polar surface area (TPSA) is 246 Å². The van der Waals surface area contributed by atoms with E-state index in [1.165, 1.54) is 0 Å². The summed E-state index contributed by atoms with van der Waals surface area (Å²) in [5.74, 6) is 0. The first-order valence-corrected chi connectivity index (χ1v) is 11.8. The van der Waals surface area contributed by atoms with E-state index in [2.05, 4.69) is 4.98 Å². The van der Waals surface area contributed by atoms with Crippen LogP contribution in [0.4, 0.5) is 5.69 Å². The highest BCUT2D eigenvalue weighted by molar-refractivity contribution is 14.1. The molecular weight excluding hydrogens is 547 g/mol. The third-order valence-electron chi connectivity index (χ3n) is 2.37. The SMILES string of the molecule is N#[N+]c1c(S(=O)(=O)O)c(S(=O)(=O)O)c(I)c(S(=O)(=O)O)c1S(=O)(=O)O. The molecule has 0 bridgehead atoms. The fourth-order valence-electron chi connectivity index (χ4n) is 1.65. The maximum absolute atomic E-state index is 11.4. The van der Waals surface area contributed by atoms with Crippen molar-refractivity contribution in [2.45, 2.75) is 19.6 Å². The molecule has 0 fully saturated rings. The van der Waals surface area contributed by atoms with Crippen molar-refractivity contribution in [3.8, 4) is 0 Å². The van der Waals surface area contributed by atoms with Crippen LogP contribution in [-0.2, 0) is 40.5 Å². The number of nitrogens with zero attached hydrogens (tertiary/aromatic N) is 2. The van der Waals surface area contributed by atoms with Crippen LogP contribution in [0.15, 0.2) is 19.6 Å². The summed E-state index contributed by atoms with van der Waals surface area (Å²) < 4.78 is 126. The van der Waals surface area contributed by atoms with Crippen molar-refractivity contribution in [2.75, 3.05) is 0 Å². The van der Waals surface area contributed by atoms with Gasteiger partial charge in [0.1, 0.15) is 9.79 Å². The van der Waals surface area contributed by atoms with Crippen molar-refractivity contribution in [1.82, 2.24) is 0 Å². The van der Waals surface area contributed by atoms with Crippen molar-refractivity contribution >= 4 is 68.8 Å². The molecule has 0 aliphatic rings. The molecule has 19 heteroatoms. The fourth-order valence-corrected chi connectivity index (χ4v) is 8.38. The van der Waals surface area contributed by atoms with E-state index >= 15 is 0 Å². The molecule has 0 amide bonds. The molecular formula is C6H4IN2O12S4+. The van der Waals surface area contributed by atoms with E-state index in [9.17, 15) is 33.7 Å². The number of benzene rings is 1. The van der Waals surface area contributed by atoms with Gasteiger partial charge >= 0.3 is 25.9 Å². The van der Waals surface area contributed by atoms with Crippen molar-refractivity contribution in [3.05, 3.63) is 8.55 Å². The lowest BCUT2D eigenvalue weighted by Gasteiger charge is -2.11. The summed E-state index contributed by atoms with van der Waals surface area (Å²) in [5, 5.41) is 8.82. The normalized spacial score (nSPS) is 13.4. The molecule has 140 valence electrons. The zero-order valence-electron chi connectivity index (χ0n) is 11.0. The molecule has 1 rings (SSSR count). The Morgan fingerprint density at radius 2 is 0.880 bits per heavy atom. The number of hydrogen-bond donors (Lipinski definition) is 4. The maximum atomic E-state index is 11.4. The second-order valence-electron chi connectivity index (χ2n) is 3.98. The standard InChI is InChI=1S/C6H3IN2O12S4/c7-1-3(22(10,11)12)5(24(16,17)18)2(9-8)6(25(19,20)21)4(1)23(13,14)15/h(H3-,10,11,12,13,14,15,16,17,18,19,20,21)/p+1. The highest BCUT2D eigenvalue weighted by atomic mass is 127. The zero-order valence-corrected chi connectivity index (χ0v) is 16.4. The number of diazo groups is 1. The van der Waals surface area contributed by atoms with E-state index in [1.807, 2.05) is 0 Å². The van der Waals surface area contributed by atoms with Gasteiger partial charge in [-0.25, -0.2) is 0 Å². The summed E-state index contributed by atoms with van der Waals surface area (Å²) in [6.45, 7) is 0. The largest absolute Gasteiger partial charge is 0.429 e. The molecule has 1 aromatic rings. The smallest absolute Gasteiger partial charge is 0.282 e. The Bertz CT molecular complexity index is 1150. The first-order valence-electron chi connectivity index (χ1n) is 4.99. The Hall–Kier alpha value is -0.990. The molecule has 0 aliphatic heterocycles. The molecule has 1 aromatic carbocycles. The van der Waals surface area contributed by atoms with Gasteiger partial charge in [0.25, 0.3) is 20.2 Å². The average molecular weight is 551 g/mol. The van der Waals surface area contributed by atoms with Gasteiger partial charge < -0.3 is 0 Å². The number of rotatable bonds is 4. The van der Waals surface area contributed by atoms with Gasteiger partial charge in [-0.1, -0.05) is 0 Å². The first-order chi connectivity index (χ1) is 10.8. The van der Waals surface area contributed by atoms with E-state index < -0.39 is 69.3 Å². The van der Waals surface area contributed by atoms with Gasteiger partial charge in [0.05, 0.1) is 3.57 Å². The molecule has 0 aromatic heterocycles. The van der Waals surface area contributed by atoms with Crippen molar-refractivity contribution in [3.63, 3.8) is 0 Å². The lowest BCUT2D eigenvalue weighted by Crippen LogP contribution is -2.18. The third kappa shape index (κ3) is 4.23. The highest BCUT2D eigenvalue weighted by Gasteiger charge is 2.48. The molecule has 0 atom stereocenters. The van der Waals surface area contributed by atoms with Crippen molar-refractivity contribution in [1.29, 1.82) is 5.39 Å². The monoisotopic (exact) mass is 551 g/mol. The van der Waals surface area contributed by atoms with Crippen LogP contribution in [0, 0.1) is 8.96 Å². The highest BCUT2D eigenvalue weighted by Crippen LogP contribution is 2.44. The van der Waals surface area contributed by atoms with Gasteiger partial charge in [-0.15, -0.1) is 0 Å². The summed E-state index contributed by atoms with van der Waals surface area (Å²) in [5.41, 5.74) is -1.98. The second-order valence-corrected chi connectivity index (χ2v) is 10.5. The van der Waals surface area contributed by atoms with Crippen molar-refractivity contribution in [2.24, 2.45) is 0 Å². The van der Waals surface area contributed by atoms with Crippen LogP contribution in [-0.4, -0.2) is 51.9 Å². The third-order valence-corrected chi connectivity index (χ3v) is 8.12. The van der Waals surface area contributed by atoms with E-state index in [0.29, 0.717) is 22.6 Å². The van der Waals surface area contributed by atoms with Crippen LogP contribution in [0.2, 0.25) is 0 Å². The molecule has 14 nitrogen and oxygen atoms in total.